The van der Waals surface area contributed by atoms with Crippen LogP contribution >= 0.6 is 0 Å². The van der Waals surface area contributed by atoms with Crippen molar-refractivity contribution < 1.29 is 9.53 Å². The van der Waals surface area contributed by atoms with Crippen molar-refractivity contribution in [1.29, 1.82) is 0 Å². The molecule has 0 heterocycles. The number of nitrogens with two attached hydrogens (primary N) is 1. The molecule has 0 aromatic heterocycles. The summed E-state index contributed by atoms with van der Waals surface area (Å²) in [5.74, 6) is 0.996. The number of rotatable bonds is 8. The molecular formula is C17H28N2O2. The zero-order valence-corrected chi connectivity index (χ0v) is 13.8. The maximum Gasteiger partial charge on any atom is 0.237 e. The summed E-state index contributed by atoms with van der Waals surface area (Å²) in [4.78, 5) is 11.6. The van der Waals surface area contributed by atoms with Gasteiger partial charge in [0.2, 0.25) is 5.91 Å². The number of carbonyl (C=O) groups excluding carboxylic acids is 1. The maximum atomic E-state index is 11.6. The molecular weight excluding hydrogens is 264 g/mol. The molecule has 1 rings (SSSR count). The molecule has 0 aliphatic heterocycles. The summed E-state index contributed by atoms with van der Waals surface area (Å²) in [6.45, 7) is 11.3. The van der Waals surface area contributed by atoms with Gasteiger partial charge in [-0.25, -0.2) is 0 Å². The van der Waals surface area contributed by atoms with Crippen molar-refractivity contribution >= 4 is 5.91 Å². The lowest BCUT2D eigenvalue weighted by Crippen LogP contribution is -2.53. The molecule has 0 radical (unpaired) electrons. The number of hydrogen-bond donors (Lipinski definition) is 2. The quantitative estimate of drug-likeness (QED) is 0.774. The first kappa shape index (κ1) is 17.5. The molecule has 0 fully saturated rings. The lowest BCUT2D eigenvalue weighted by atomic mass is 9.97. The van der Waals surface area contributed by atoms with Crippen LogP contribution in [0.2, 0.25) is 0 Å². The largest absolute Gasteiger partial charge is 0.493 e. The zero-order chi connectivity index (χ0) is 16.0. The first-order valence-electron chi connectivity index (χ1n) is 7.58. The van der Waals surface area contributed by atoms with Crippen LogP contribution in [0.5, 0.6) is 5.75 Å². The molecule has 0 saturated heterocycles. The minimum Gasteiger partial charge on any atom is -0.493 e. The first-order chi connectivity index (χ1) is 9.80. The van der Waals surface area contributed by atoms with Gasteiger partial charge in [-0.1, -0.05) is 32.9 Å². The van der Waals surface area contributed by atoms with E-state index in [-0.39, 0.29) is 5.91 Å². The standard InChI is InChI=1S/C17H28N2O2/c1-6-19-17(5,16(18)20)9-10-21-15-11-14(12(2)3)8-7-13(15)4/h7-8,11-12,19H,6,9-10H2,1-5H3,(H2,18,20). The topological polar surface area (TPSA) is 64.3 Å². The number of nitrogens with one attached hydrogen (secondary N) is 1. The van der Waals surface area contributed by atoms with E-state index in [1.54, 1.807) is 0 Å². The zero-order valence-electron chi connectivity index (χ0n) is 13.8. The smallest absolute Gasteiger partial charge is 0.237 e. The average Bonchev–Trinajstić information content (AvgIpc) is 2.40. The fourth-order valence-corrected chi connectivity index (χ4v) is 2.19. The molecule has 0 saturated carbocycles. The number of hydrogen-bond acceptors (Lipinski definition) is 3. The van der Waals surface area contributed by atoms with E-state index in [0.717, 1.165) is 11.3 Å². The maximum absolute atomic E-state index is 11.6. The second-order valence-corrected chi connectivity index (χ2v) is 6.00. The van der Waals surface area contributed by atoms with Crippen LogP contribution in [0.25, 0.3) is 0 Å². The van der Waals surface area contributed by atoms with Crippen molar-refractivity contribution in [2.75, 3.05) is 13.2 Å². The first-order valence-corrected chi connectivity index (χ1v) is 7.58. The summed E-state index contributed by atoms with van der Waals surface area (Å²) in [6.07, 6.45) is 0.543. The molecule has 0 aliphatic carbocycles. The SMILES string of the molecule is CCNC(C)(CCOc1cc(C(C)C)ccc1C)C(N)=O. The van der Waals surface area contributed by atoms with E-state index in [4.69, 9.17) is 10.5 Å². The number of carbonyl (C=O) groups is 1. The molecule has 1 atom stereocenters. The number of benzene rings is 1. The Kier molecular flexibility index (Phi) is 6.21. The van der Waals surface area contributed by atoms with Crippen molar-refractivity contribution in [2.45, 2.75) is 52.5 Å². The van der Waals surface area contributed by atoms with Crippen LogP contribution in [-0.4, -0.2) is 24.6 Å². The van der Waals surface area contributed by atoms with Crippen molar-refractivity contribution in [3.05, 3.63) is 29.3 Å². The Bertz CT molecular complexity index is 486. The molecule has 4 heteroatoms. The number of amides is 1. The van der Waals surface area contributed by atoms with Crippen molar-refractivity contribution in [2.24, 2.45) is 5.73 Å². The minimum absolute atomic E-state index is 0.347. The van der Waals surface area contributed by atoms with Gasteiger partial charge in [0.1, 0.15) is 5.75 Å². The Morgan fingerprint density at radius 1 is 1.43 bits per heavy atom. The molecule has 118 valence electrons. The highest BCUT2D eigenvalue weighted by Crippen LogP contribution is 2.24. The van der Waals surface area contributed by atoms with Crippen LogP contribution < -0.4 is 15.8 Å². The van der Waals surface area contributed by atoms with Gasteiger partial charge < -0.3 is 15.8 Å². The highest BCUT2D eigenvalue weighted by Gasteiger charge is 2.29. The molecule has 1 aromatic carbocycles. The lowest BCUT2D eigenvalue weighted by molar-refractivity contribution is -0.124. The third-order valence-corrected chi connectivity index (χ3v) is 3.85. The Hall–Kier alpha value is -1.55. The highest BCUT2D eigenvalue weighted by molar-refractivity contribution is 5.84. The molecule has 3 N–H and O–H groups in total. The second-order valence-electron chi connectivity index (χ2n) is 6.00. The summed E-state index contributed by atoms with van der Waals surface area (Å²) in [6, 6.07) is 6.27. The summed E-state index contributed by atoms with van der Waals surface area (Å²) in [7, 11) is 0. The van der Waals surface area contributed by atoms with Crippen LogP contribution in [-0.2, 0) is 4.79 Å². The van der Waals surface area contributed by atoms with Gasteiger partial charge in [0.15, 0.2) is 0 Å². The molecule has 1 unspecified atom stereocenters. The molecule has 0 bridgehead atoms. The van der Waals surface area contributed by atoms with Gasteiger partial charge in [-0.3, -0.25) is 4.79 Å². The van der Waals surface area contributed by atoms with Gasteiger partial charge in [0.25, 0.3) is 0 Å². The number of ether oxygens (including phenoxy) is 1. The Labute approximate surface area is 128 Å². The van der Waals surface area contributed by atoms with Crippen molar-refractivity contribution in [3.8, 4) is 5.75 Å². The third-order valence-electron chi connectivity index (χ3n) is 3.85. The van der Waals surface area contributed by atoms with E-state index in [9.17, 15) is 4.79 Å². The summed E-state index contributed by atoms with van der Waals surface area (Å²) in [5, 5.41) is 3.13. The fraction of sp³-hybridized carbons (Fsp3) is 0.588. The van der Waals surface area contributed by atoms with Crippen LogP contribution in [0.3, 0.4) is 0 Å². The molecule has 21 heavy (non-hydrogen) atoms. The minimum atomic E-state index is -0.724. The van der Waals surface area contributed by atoms with Crippen LogP contribution in [0.4, 0.5) is 0 Å². The number of aryl methyl sites for hydroxylation is 1. The Morgan fingerprint density at radius 3 is 2.62 bits per heavy atom. The van der Waals surface area contributed by atoms with E-state index in [1.165, 1.54) is 5.56 Å². The van der Waals surface area contributed by atoms with E-state index in [1.807, 2.05) is 20.8 Å². The number of likely N-dealkylation sites (N-methyl/N-ethyl adjacent to an activating group) is 1. The van der Waals surface area contributed by atoms with Gasteiger partial charge in [-0.05, 0) is 43.5 Å². The van der Waals surface area contributed by atoms with E-state index >= 15 is 0 Å². The molecule has 1 amide bonds. The number of primary amides is 1. The summed E-state index contributed by atoms with van der Waals surface area (Å²) in [5.41, 5.74) is 7.10. The van der Waals surface area contributed by atoms with E-state index in [2.05, 4.69) is 37.4 Å². The normalized spacial score (nSPS) is 14.0. The van der Waals surface area contributed by atoms with Gasteiger partial charge >= 0.3 is 0 Å². The van der Waals surface area contributed by atoms with Gasteiger partial charge in [-0.15, -0.1) is 0 Å². The monoisotopic (exact) mass is 292 g/mol. The second kappa shape index (κ2) is 7.46. The van der Waals surface area contributed by atoms with E-state index in [0.29, 0.717) is 25.5 Å². The predicted molar refractivity (Wildman–Crippen MR) is 86.7 cm³/mol. The molecule has 4 nitrogen and oxygen atoms in total. The summed E-state index contributed by atoms with van der Waals surface area (Å²) >= 11 is 0. The van der Waals surface area contributed by atoms with Crippen LogP contribution in [0.15, 0.2) is 18.2 Å². The van der Waals surface area contributed by atoms with E-state index < -0.39 is 5.54 Å². The molecule has 0 spiro atoms. The van der Waals surface area contributed by atoms with Crippen LogP contribution in [0.1, 0.15) is 51.2 Å². The van der Waals surface area contributed by atoms with Crippen molar-refractivity contribution in [3.63, 3.8) is 0 Å². The van der Waals surface area contributed by atoms with Crippen LogP contribution in [0, 0.1) is 6.92 Å². The molecule has 1 aromatic rings. The van der Waals surface area contributed by atoms with Gasteiger partial charge in [0, 0.05) is 6.42 Å². The summed E-state index contributed by atoms with van der Waals surface area (Å²) < 4.78 is 5.87. The van der Waals surface area contributed by atoms with Gasteiger partial charge in [0.05, 0.1) is 12.1 Å². The lowest BCUT2D eigenvalue weighted by Gasteiger charge is -2.27. The Balaban J connectivity index is 2.71. The third kappa shape index (κ3) is 4.74. The Morgan fingerprint density at radius 2 is 2.10 bits per heavy atom. The fourth-order valence-electron chi connectivity index (χ4n) is 2.19. The predicted octanol–water partition coefficient (Wildman–Crippen LogP) is 2.74. The van der Waals surface area contributed by atoms with Crippen molar-refractivity contribution in [1.82, 2.24) is 5.32 Å². The average molecular weight is 292 g/mol. The van der Waals surface area contributed by atoms with Gasteiger partial charge in [-0.2, -0.15) is 0 Å². The molecule has 0 aliphatic rings. The highest BCUT2D eigenvalue weighted by atomic mass is 16.5.